The van der Waals surface area contributed by atoms with Crippen LogP contribution in [0.4, 0.5) is 0 Å². The third kappa shape index (κ3) is 4.74. The highest BCUT2D eigenvalue weighted by molar-refractivity contribution is 5.27. The summed E-state index contributed by atoms with van der Waals surface area (Å²) in [4.78, 5) is 0. The van der Waals surface area contributed by atoms with Crippen LogP contribution >= 0.6 is 0 Å². The summed E-state index contributed by atoms with van der Waals surface area (Å²) in [6.07, 6.45) is 6.69. The van der Waals surface area contributed by atoms with Gasteiger partial charge in [-0.3, -0.25) is 0 Å². The predicted octanol–water partition coefficient (Wildman–Crippen LogP) is 5.25. The van der Waals surface area contributed by atoms with Gasteiger partial charge >= 0.3 is 0 Å². The van der Waals surface area contributed by atoms with Gasteiger partial charge in [0.25, 0.3) is 0 Å². The van der Waals surface area contributed by atoms with Gasteiger partial charge < -0.3 is 9.47 Å². The molecule has 1 aliphatic rings. The number of methoxy groups -OCH3 is 1. The number of rotatable bonds is 9. The lowest BCUT2D eigenvalue weighted by Gasteiger charge is -2.19. The Labute approximate surface area is 136 Å². The molecular weight excluding hydrogens is 272 g/mol. The van der Waals surface area contributed by atoms with E-state index in [0.29, 0.717) is 12.0 Å². The molecule has 3 unspecified atom stereocenters. The SMILES string of the molecule is CCC(C)CC(CCCc1ccc(OC)cc1)C1OC1(C)C. The van der Waals surface area contributed by atoms with Crippen LogP contribution in [0.25, 0.3) is 0 Å². The molecule has 1 heterocycles. The quantitative estimate of drug-likeness (QED) is 0.581. The second-order valence-electron chi connectivity index (χ2n) is 7.39. The maximum Gasteiger partial charge on any atom is 0.118 e. The van der Waals surface area contributed by atoms with Gasteiger partial charge in [-0.05, 0) is 69.1 Å². The van der Waals surface area contributed by atoms with Gasteiger partial charge in [0.2, 0.25) is 0 Å². The number of ether oxygens (including phenoxy) is 2. The van der Waals surface area contributed by atoms with Crippen LogP contribution in [0.1, 0.15) is 58.9 Å². The van der Waals surface area contributed by atoms with Crippen LogP contribution in [0.3, 0.4) is 0 Å². The summed E-state index contributed by atoms with van der Waals surface area (Å²) in [7, 11) is 1.71. The minimum absolute atomic E-state index is 0.109. The van der Waals surface area contributed by atoms with E-state index < -0.39 is 0 Å². The Balaban J connectivity index is 1.82. The molecule has 1 fully saturated rings. The minimum atomic E-state index is 0.109. The van der Waals surface area contributed by atoms with E-state index in [-0.39, 0.29) is 5.60 Å². The number of epoxide rings is 1. The molecule has 1 aliphatic heterocycles. The van der Waals surface area contributed by atoms with E-state index in [1.165, 1.54) is 31.2 Å². The molecule has 124 valence electrons. The molecule has 1 saturated heterocycles. The summed E-state index contributed by atoms with van der Waals surface area (Å²) < 4.78 is 11.1. The van der Waals surface area contributed by atoms with E-state index in [1.54, 1.807) is 7.11 Å². The maximum absolute atomic E-state index is 5.93. The molecule has 0 amide bonds. The molecule has 3 atom stereocenters. The second kappa shape index (κ2) is 7.50. The van der Waals surface area contributed by atoms with Gasteiger partial charge in [0, 0.05) is 0 Å². The third-order valence-corrected chi connectivity index (χ3v) is 5.09. The summed E-state index contributed by atoms with van der Waals surface area (Å²) in [5.74, 6) is 2.45. The van der Waals surface area contributed by atoms with Gasteiger partial charge in [-0.25, -0.2) is 0 Å². The highest BCUT2D eigenvalue weighted by Gasteiger charge is 2.51. The summed E-state index contributed by atoms with van der Waals surface area (Å²) in [6, 6.07) is 8.47. The molecule has 0 aliphatic carbocycles. The lowest BCUT2D eigenvalue weighted by molar-refractivity contribution is 0.256. The van der Waals surface area contributed by atoms with Gasteiger partial charge in [0.15, 0.2) is 0 Å². The summed E-state index contributed by atoms with van der Waals surface area (Å²) in [6.45, 7) is 9.11. The molecule has 0 saturated carbocycles. The number of benzene rings is 1. The Hall–Kier alpha value is -1.02. The van der Waals surface area contributed by atoms with Gasteiger partial charge in [0.1, 0.15) is 5.75 Å². The van der Waals surface area contributed by atoms with Gasteiger partial charge in [-0.2, -0.15) is 0 Å². The van der Waals surface area contributed by atoms with Crippen LogP contribution in [0, 0.1) is 11.8 Å². The van der Waals surface area contributed by atoms with Crippen LogP contribution in [0.5, 0.6) is 5.75 Å². The normalized spacial score (nSPS) is 22.1. The Kier molecular flexibility index (Phi) is 5.91. The van der Waals surface area contributed by atoms with E-state index in [0.717, 1.165) is 18.1 Å². The zero-order valence-corrected chi connectivity index (χ0v) is 14.9. The molecule has 0 spiro atoms. The van der Waals surface area contributed by atoms with Crippen LogP contribution in [-0.4, -0.2) is 18.8 Å². The van der Waals surface area contributed by atoms with Crippen molar-refractivity contribution in [3.63, 3.8) is 0 Å². The van der Waals surface area contributed by atoms with Crippen molar-refractivity contribution in [2.75, 3.05) is 7.11 Å². The van der Waals surface area contributed by atoms with Crippen molar-refractivity contribution in [2.24, 2.45) is 11.8 Å². The molecule has 0 radical (unpaired) electrons. The first-order valence-corrected chi connectivity index (χ1v) is 8.77. The van der Waals surface area contributed by atoms with Crippen LogP contribution in [0.15, 0.2) is 24.3 Å². The van der Waals surface area contributed by atoms with Crippen LogP contribution in [0.2, 0.25) is 0 Å². The number of hydrogen-bond donors (Lipinski definition) is 0. The highest BCUT2D eigenvalue weighted by Crippen LogP contribution is 2.44. The first-order chi connectivity index (χ1) is 10.5. The van der Waals surface area contributed by atoms with E-state index in [1.807, 2.05) is 0 Å². The molecule has 2 heteroatoms. The Morgan fingerprint density at radius 1 is 1.23 bits per heavy atom. The molecular formula is C20H32O2. The van der Waals surface area contributed by atoms with Crippen LogP contribution < -0.4 is 4.74 Å². The first-order valence-electron chi connectivity index (χ1n) is 8.77. The van der Waals surface area contributed by atoms with E-state index in [4.69, 9.17) is 9.47 Å². The van der Waals surface area contributed by atoms with Crippen molar-refractivity contribution in [2.45, 2.75) is 71.5 Å². The van der Waals surface area contributed by atoms with Gasteiger partial charge in [-0.15, -0.1) is 0 Å². The average Bonchev–Trinajstić information content (AvgIpc) is 3.15. The largest absolute Gasteiger partial charge is 0.497 e. The fraction of sp³-hybridized carbons (Fsp3) is 0.700. The second-order valence-corrected chi connectivity index (χ2v) is 7.39. The fourth-order valence-corrected chi connectivity index (χ4v) is 3.39. The third-order valence-electron chi connectivity index (χ3n) is 5.09. The Morgan fingerprint density at radius 3 is 2.36 bits per heavy atom. The van der Waals surface area contributed by atoms with Crippen LogP contribution in [-0.2, 0) is 11.2 Å². The van der Waals surface area contributed by atoms with Crippen molar-refractivity contribution in [3.8, 4) is 5.75 Å². The van der Waals surface area contributed by atoms with Crippen molar-refractivity contribution >= 4 is 0 Å². The minimum Gasteiger partial charge on any atom is -0.497 e. The molecule has 2 nitrogen and oxygen atoms in total. The molecule has 1 aromatic carbocycles. The molecule has 22 heavy (non-hydrogen) atoms. The zero-order chi connectivity index (χ0) is 16.2. The predicted molar refractivity (Wildman–Crippen MR) is 92.4 cm³/mol. The molecule has 2 rings (SSSR count). The highest BCUT2D eigenvalue weighted by atomic mass is 16.6. The maximum atomic E-state index is 5.93. The summed E-state index contributed by atoms with van der Waals surface area (Å²) in [5.41, 5.74) is 1.51. The van der Waals surface area contributed by atoms with Crippen molar-refractivity contribution < 1.29 is 9.47 Å². The number of hydrogen-bond acceptors (Lipinski definition) is 2. The molecule has 0 aromatic heterocycles. The smallest absolute Gasteiger partial charge is 0.118 e. The monoisotopic (exact) mass is 304 g/mol. The average molecular weight is 304 g/mol. The van der Waals surface area contributed by atoms with Crippen molar-refractivity contribution in [3.05, 3.63) is 29.8 Å². The number of aryl methyl sites for hydroxylation is 1. The fourth-order valence-electron chi connectivity index (χ4n) is 3.39. The van der Waals surface area contributed by atoms with Crippen molar-refractivity contribution in [1.29, 1.82) is 0 Å². The topological polar surface area (TPSA) is 21.8 Å². The Morgan fingerprint density at radius 2 is 1.86 bits per heavy atom. The van der Waals surface area contributed by atoms with E-state index >= 15 is 0 Å². The first kappa shape index (κ1) is 17.3. The zero-order valence-electron chi connectivity index (χ0n) is 14.9. The van der Waals surface area contributed by atoms with E-state index in [9.17, 15) is 0 Å². The lowest BCUT2D eigenvalue weighted by atomic mass is 9.84. The van der Waals surface area contributed by atoms with E-state index in [2.05, 4.69) is 52.0 Å². The van der Waals surface area contributed by atoms with Crippen molar-refractivity contribution in [1.82, 2.24) is 0 Å². The van der Waals surface area contributed by atoms with Gasteiger partial charge in [0.05, 0.1) is 18.8 Å². The summed E-state index contributed by atoms with van der Waals surface area (Å²) >= 11 is 0. The molecule has 1 aromatic rings. The standard InChI is InChI=1S/C20H32O2/c1-6-15(2)14-17(19-20(3,4)22-19)9-7-8-16-10-12-18(21-5)13-11-16/h10-13,15,17,19H,6-9,14H2,1-5H3. The molecule has 0 bridgehead atoms. The van der Waals surface area contributed by atoms with Gasteiger partial charge in [-0.1, -0.05) is 32.4 Å². The lowest BCUT2D eigenvalue weighted by Crippen LogP contribution is -2.18. The molecule has 0 N–H and O–H groups in total. The summed E-state index contributed by atoms with van der Waals surface area (Å²) in [5, 5.41) is 0. The Bertz CT molecular complexity index is 449.